The summed E-state index contributed by atoms with van der Waals surface area (Å²) >= 11 is 0.884. The van der Waals surface area contributed by atoms with Gasteiger partial charge in [0.05, 0.1) is 11.5 Å². The van der Waals surface area contributed by atoms with Gasteiger partial charge in [0.1, 0.15) is 10.9 Å². The summed E-state index contributed by atoms with van der Waals surface area (Å²) in [4.78, 5) is 34.4. The van der Waals surface area contributed by atoms with Gasteiger partial charge in [-0.3, -0.25) is 14.9 Å². The van der Waals surface area contributed by atoms with Crippen LogP contribution in [0.2, 0.25) is 0 Å². The Hall–Kier alpha value is -2.91. The maximum Gasteiger partial charge on any atom is 0.326 e. The normalized spacial score (nSPS) is 11.6. The van der Waals surface area contributed by atoms with Crippen molar-refractivity contribution in [2.24, 2.45) is 0 Å². The third-order valence-electron chi connectivity index (χ3n) is 3.82. The number of rotatable bonds is 10. The quantitative estimate of drug-likeness (QED) is 0.269. The molecular weight excluding hydrogens is 384 g/mol. The van der Waals surface area contributed by atoms with Crippen molar-refractivity contribution in [1.29, 1.82) is 0 Å². The van der Waals surface area contributed by atoms with E-state index in [1.807, 2.05) is 6.92 Å². The molecule has 0 spiro atoms. The first-order chi connectivity index (χ1) is 13.4. The summed E-state index contributed by atoms with van der Waals surface area (Å²) in [5.74, 6) is -1.59. The molecular formula is C19H20N2O6S. The van der Waals surface area contributed by atoms with Crippen LogP contribution < -0.4 is 5.32 Å². The van der Waals surface area contributed by atoms with Crippen LogP contribution in [-0.4, -0.2) is 34.6 Å². The molecule has 2 rings (SSSR count). The highest BCUT2D eigenvalue weighted by Gasteiger charge is 2.20. The molecule has 0 saturated carbocycles. The van der Waals surface area contributed by atoms with Gasteiger partial charge in [-0.25, -0.2) is 4.79 Å². The fraction of sp³-hybridized carbons (Fsp3) is 0.263. The molecule has 0 aliphatic heterocycles. The molecule has 2 aromatic rings. The van der Waals surface area contributed by atoms with E-state index >= 15 is 0 Å². The molecule has 0 fully saturated rings. The highest BCUT2D eigenvalue weighted by molar-refractivity contribution is 7.94. The van der Waals surface area contributed by atoms with E-state index in [0.29, 0.717) is 16.9 Å². The third kappa shape index (κ3) is 6.36. The lowest BCUT2D eigenvalue weighted by Gasteiger charge is -2.14. The number of carboxylic acid groups (broad SMARTS) is 1. The highest BCUT2D eigenvalue weighted by atomic mass is 32.2. The Morgan fingerprint density at radius 1 is 1.25 bits per heavy atom. The Kier molecular flexibility index (Phi) is 7.97. The van der Waals surface area contributed by atoms with E-state index in [1.165, 1.54) is 6.07 Å². The van der Waals surface area contributed by atoms with Gasteiger partial charge in [0, 0.05) is 23.7 Å². The number of amides is 1. The number of hydrogen-bond donors (Lipinski definition) is 2. The molecule has 0 heterocycles. The first-order valence-corrected chi connectivity index (χ1v) is 9.26. The van der Waals surface area contributed by atoms with Gasteiger partial charge >= 0.3 is 5.97 Å². The molecule has 2 N–H and O–H groups in total. The molecule has 8 nitrogen and oxygen atoms in total. The second-order valence-corrected chi connectivity index (χ2v) is 6.85. The predicted molar refractivity (Wildman–Crippen MR) is 104 cm³/mol. The molecule has 0 aliphatic rings. The van der Waals surface area contributed by atoms with Gasteiger partial charge < -0.3 is 14.6 Å². The lowest BCUT2D eigenvalue weighted by atomic mass is 10.1. The molecule has 0 aliphatic carbocycles. The fourth-order valence-corrected chi connectivity index (χ4v) is 3.17. The zero-order chi connectivity index (χ0) is 20.5. The molecule has 0 saturated heterocycles. The van der Waals surface area contributed by atoms with Crippen molar-refractivity contribution in [2.45, 2.75) is 30.7 Å². The van der Waals surface area contributed by atoms with Crippen molar-refractivity contribution in [2.75, 3.05) is 6.61 Å². The van der Waals surface area contributed by atoms with Gasteiger partial charge in [-0.2, -0.15) is 0 Å². The number of nitro benzene ring substituents is 1. The lowest BCUT2D eigenvalue weighted by Crippen LogP contribution is -2.40. The predicted octanol–water partition coefficient (Wildman–Crippen LogP) is 3.59. The molecule has 0 bridgehead atoms. The number of carbonyl (C=O) groups excluding carboxylic acids is 1. The van der Waals surface area contributed by atoms with Crippen LogP contribution in [0.15, 0.2) is 53.4 Å². The Labute approximate surface area is 166 Å². The monoisotopic (exact) mass is 404 g/mol. The van der Waals surface area contributed by atoms with Crippen LogP contribution in [0.25, 0.3) is 0 Å². The van der Waals surface area contributed by atoms with E-state index in [4.69, 9.17) is 4.18 Å². The van der Waals surface area contributed by atoms with Gasteiger partial charge in [0.25, 0.3) is 11.6 Å². The molecule has 9 heteroatoms. The molecule has 28 heavy (non-hydrogen) atoms. The van der Waals surface area contributed by atoms with Gasteiger partial charge in [-0.05, 0) is 43.5 Å². The maximum absolute atomic E-state index is 12.1. The Morgan fingerprint density at radius 2 is 1.96 bits per heavy atom. The zero-order valence-corrected chi connectivity index (χ0v) is 16.0. The largest absolute Gasteiger partial charge is 0.480 e. The standard InChI is InChI=1S/C19H20N2O6S/c1-13-9-10-16(21(25)26)17(12-13)28-27-11-5-8-15(19(23)24)20-18(22)14-6-3-2-4-7-14/h2-4,6-7,9-10,12,15H,5,8,11H2,1H3,(H,20,22)(H,23,24)/t15-/m0/s1. The van der Waals surface area contributed by atoms with Crippen LogP contribution in [-0.2, 0) is 8.98 Å². The number of benzene rings is 2. The molecule has 0 aromatic heterocycles. The summed E-state index contributed by atoms with van der Waals surface area (Å²) in [6.07, 6.45) is 0.531. The van der Waals surface area contributed by atoms with Crippen LogP contribution in [0.5, 0.6) is 0 Å². The average Bonchev–Trinajstić information content (AvgIpc) is 2.67. The van der Waals surface area contributed by atoms with E-state index in [2.05, 4.69) is 5.32 Å². The number of carbonyl (C=O) groups is 2. The van der Waals surface area contributed by atoms with Crippen LogP contribution in [0.4, 0.5) is 5.69 Å². The van der Waals surface area contributed by atoms with E-state index < -0.39 is 22.8 Å². The van der Waals surface area contributed by atoms with Gasteiger partial charge in [0.2, 0.25) is 0 Å². The summed E-state index contributed by atoms with van der Waals surface area (Å²) < 4.78 is 5.39. The van der Waals surface area contributed by atoms with E-state index in [-0.39, 0.29) is 18.7 Å². The SMILES string of the molecule is Cc1ccc([N+](=O)[O-])c(SOCCC[C@H](NC(=O)c2ccccc2)C(=O)O)c1. The molecule has 1 atom stereocenters. The number of hydrogen-bond acceptors (Lipinski definition) is 6. The summed E-state index contributed by atoms with van der Waals surface area (Å²) in [6.45, 7) is 2.00. The Balaban J connectivity index is 1.82. The first-order valence-electron chi connectivity index (χ1n) is 8.51. The highest BCUT2D eigenvalue weighted by Crippen LogP contribution is 2.30. The van der Waals surface area contributed by atoms with Gasteiger partial charge in [-0.15, -0.1) is 0 Å². The number of nitrogens with zero attached hydrogens (tertiary/aromatic N) is 1. The molecule has 148 valence electrons. The molecule has 2 aromatic carbocycles. The minimum absolute atomic E-state index is 0.0471. The van der Waals surface area contributed by atoms with Crippen molar-refractivity contribution >= 4 is 29.6 Å². The summed E-state index contributed by atoms with van der Waals surface area (Å²) in [5.41, 5.74) is 1.20. The minimum atomic E-state index is -1.13. The maximum atomic E-state index is 12.1. The second-order valence-electron chi connectivity index (χ2n) is 6.01. The van der Waals surface area contributed by atoms with Crippen molar-refractivity contribution in [3.8, 4) is 0 Å². The molecule has 0 unspecified atom stereocenters. The summed E-state index contributed by atoms with van der Waals surface area (Å²) in [7, 11) is 0. The topological polar surface area (TPSA) is 119 Å². The van der Waals surface area contributed by atoms with Crippen molar-refractivity contribution < 1.29 is 23.8 Å². The second kappa shape index (κ2) is 10.4. The number of carboxylic acids is 1. The number of aliphatic carboxylic acids is 1. The summed E-state index contributed by atoms with van der Waals surface area (Å²) in [5, 5.41) is 22.8. The van der Waals surface area contributed by atoms with Crippen LogP contribution in [0.1, 0.15) is 28.8 Å². The first kappa shape index (κ1) is 21.4. The molecule has 0 radical (unpaired) electrons. The van der Waals surface area contributed by atoms with Crippen molar-refractivity contribution in [3.63, 3.8) is 0 Å². The summed E-state index contributed by atoms with van der Waals surface area (Å²) in [6, 6.07) is 12.0. The van der Waals surface area contributed by atoms with Crippen LogP contribution in [0, 0.1) is 17.0 Å². The van der Waals surface area contributed by atoms with E-state index in [9.17, 15) is 24.8 Å². The third-order valence-corrected chi connectivity index (χ3v) is 4.61. The smallest absolute Gasteiger partial charge is 0.326 e. The number of nitrogens with one attached hydrogen (secondary N) is 1. The van der Waals surface area contributed by atoms with Gasteiger partial charge in [0.15, 0.2) is 0 Å². The van der Waals surface area contributed by atoms with Crippen molar-refractivity contribution in [3.05, 3.63) is 69.8 Å². The van der Waals surface area contributed by atoms with Gasteiger partial charge in [-0.1, -0.05) is 24.3 Å². The molecule has 1 amide bonds. The Morgan fingerprint density at radius 3 is 2.61 bits per heavy atom. The van der Waals surface area contributed by atoms with Crippen molar-refractivity contribution in [1.82, 2.24) is 5.32 Å². The Bertz CT molecular complexity index is 844. The van der Waals surface area contributed by atoms with Crippen LogP contribution in [0.3, 0.4) is 0 Å². The number of aryl methyl sites for hydroxylation is 1. The minimum Gasteiger partial charge on any atom is -0.480 e. The average molecular weight is 404 g/mol. The van der Waals surface area contributed by atoms with E-state index in [1.54, 1.807) is 42.5 Å². The number of nitro groups is 1. The fourth-order valence-electron chi connectivity index (χ4n) is 2.38. The van der Waals surface area contributed by atoms with E-state index in [0.717, 1.165) is 17.6 Å². The van der Waals surface area contributed by atoms with Crippen LogP contribution >= 0.6 is 12.0 Å². The zero-order valence-electron chi connectivity index (χ0n) is 15.2. The lowest BCUT2D eigenvalue weighted by molar-refractivity contribution is -0.387.